The molecule has 21 heavy (non-hydrogen) atoms. The van der Waals surface area contributed by atoms with Crippen molar-refractivity contribution in [2.75, 3.05) is 6.26 Å². The molecule has 2 aromatic rings. The van der Waals surface area contributed by atoms with Crippen LogP contribution in [0.3, 0.4) is 0 Å². The molecule has 0 atom stereocenters. The Bertz CT molecular complexity index is 766. The average molecular weight is 330 g/mol. The van der Waals surface area contributed by atoms with Crippen molar-refractivity contribution in [3.05, 3.63) is 17.4 Å². The van der Waals surface area contributed by atoms with Gasteiger partial charge < -0.3 is 4.18 Å². The van der Waals surface area contributed by atoms with E-state index in [1.807, 2.05) is 4.57 Å². The molecule has 0 aromatic carbocycles. The minimum atomic E-state index is -3.60. The van der Waals surface area contributed by atoms with Crippen LogP contribution in [0.2, 0.25) is 5.28 Å². The van der Waals surface area contributed by atoms with E-state index in [0.29, 0.717) is 16.4 Å². The maximum Gasteiger partial charge on any atom is 0.307 e. The Hall–Kier alpha value is -1.34. The van der Waals surface area contributed by atoms with E-state index in [2.05, 4.69) is 9.97 Å². The quantitative estimate of drug-likeness (QED) is 0.809. The number of nitrogens with zero attached hydrogens (tertiary/aromatic N) is 3. The van der Waals surface area contributed by atoms with E-state index in [0.717, 1.165) is 31.9 Å². The van der Waals surface area contributed by atoms with E-state index in [4.69, 9.17) is 15.8 Å². The van der Waals surface area contributed by atoms with Crippen LogP contribution >= 0.6 is 11.6 Å². The zero-order valence-electron chi connectivity index (χ0n) is 11.6. The number of fused-ring (bicyclic) bond motifs is 1. The first-order valence-corrected chi connectivity index (χ1v) is 9.07. The smallest absolute Gasteiger partial charge is 0.307 e. The van der Waals surface area contributed by atoms with Crippen LogP contribution in [0, 0.1) is 0 Å². The van der Waals surface area contributed by atoms with E-state index >= 15 is 0 Å². The molecule has 0 spiro atoms. The summed E-state index contributed by atoms with van der Waals surface area (Å²) in [4.78, 5) is 8.56. The number of rotatable bonds is 3. The van der Waals surface area contributed by atoms with E-state index < -0.39 is 10.1 Å². The Balaban J connectivity index is 2.06. The first-order chi connectivity index (χ1) is 9.94. The standard InChI is InChI=1S/C13H16ClN3O3S/c1-21(18,19)20-11-8-7-10-12(16-11)17(13(14)15-10)9-5-3-2-4-6-9/h7-9H,2-6H2,1H3. The van der Waals surface area contributed by atoms with Crippen molar-refractivity contribution in [2.24, 2.45) is 0 Å². The van der Waals surface area contributed by atoms with Crippen LogP contribution in [0.25, 0.3) is 11.2 Å². The second-order valence-corrected chi connectivity index (χ2v) is 7.24. The number of halogens is 1. The lowest BCUT2D eigenvalue weighted by Crippen LogP contribution is -2.14. The average Bonchev–Trinajstić information content (AvgIpc) is 2.73. The van der Waals surface area contributed by atoms with Crippen LogP contribution in [0.15, 0.2) is 12.1 Å². The normalized spacial score (nSPS) is 17.2. The molecule has 3 rings (SSSR count). The summed E-state index contributed by atoms with van der Waals surface area (Å²) in [6, 6.07) is 3.42. The van der Waals surface area contributed by atoms with Crippen molar-refractivity contribution in [3.63, 3.8) is 0 Å². The summed E-state index contributed by atoms with van der Waals surface area (Å²) in [5.41, 5.74) is 1.22. The fourth-order valence-corrected chi connectivity index (χ4v) is 3.51. The summed E-state index contributed by atoms with van der Waals surface area (Å²) >= 11 is 6.24. The number of pyridine rings is 1. The Kier molecular flexibility index (Phi) is 3.79. The molecule has 114 valence electrons. The summed E-state index contributed by atoms with van der Waals surface area (Å²) in [6.45, 7) is 0. The van der Waals surface area contributed by atoms with Gasteiger partial charge in [-0.2, -0.15) is 13.4 Å². The molecule has 2 heterocycles. The monoisotopic (exact) mass is 329 g/mol. The highest BCUT2D eigenvalue weighted by atomic mass is 35.5. The van der Waals surface area contributed by atoms with Gasteiger partial charge in [-0.15, -0.1) is 0 Å². The van der Waals surface area contributed by atoms with Crippen molar-refractivity contribution >= 4 is 32.9 Å². The second kappa shape index (κ2) is 5.46. The summed E-state index contributed by atoms with van der Waals surface area (Å²) < 4.78 is 29.2. The Morgan fingerprint density at radius 3 is 2.62 bits per heavy atom. The molecule has 1 aliphatic rings. The van der Waals surface area contributed by atoms with Crippen molar-refractivity contribution in [2.45, 2.75) is 38.1 Å². The summed E-state index contributed by atoms with van der Waals surface area (Å²) in [7, 11) is -3.60. The van der Waals surface area contributed by atoms with Gasteiger partial charge >= 0.3 is 10.1 Å². The molecule has 6 nitrogen and oxygen atoms in total. The highest BCUT2D eigenvalue weighted by molar-refractivity contribution is 7.86. The topological polar surface area (TPSA) is 74.1 Å². The third kappa shape index (κ3) is 3.13. The van der Waals surface area contributed by atoms with E-state index in [-0.39, 0.29) is 11.9 Å². The van der Waals surface area contributed by atoms with Gasteiger partial charge in [-0.05, 0) is 30.5 Å². The van der Waals surface area contributed by atoms with Gasteiger partial charge in [-0.3, -0.25) is 4.57 Å². The van der Waals surface area contributed by atoms with E-state index in [1.165, 1.54) is 12.5 Å². The van der Waals surface area contributed by atoms with Crippen molar-refractivity contribution < 1.29 is 12.6 Å². The number of aromatic nitrogens is 3. The molecule has 0 radical (unpaired) electrons. The van der Waals surface area contributed by atoms with Gasteiger partial charge in [0.2, 0.25) is 11.2 Å². The lowest BCUT2D eigenvalue weighted by Gasteiger charge is -2.23. The first-order valence-electron chi connectivity index (χ1n) is 6.88. The van der Waals surface area contributed by atoms with Crippen LogP contribution in [-0.4, -0.2) is 29.2 Å². The molecule has 1 fully saturated rings. The lowest BCUT2D eigenvalue weighted by molar-refractivity contribution is 0.358. The molecule has 0 aliphatic heterocycles. The Morgan fingerprint density at radius 2 is 1.95 bits per heavy atom. The van der Waals surface area contributed by atoms with Crippen LogP contribution < -0.4 is 4.18 Å². The third-order valence-corrected chi connectivity index (χ3v) is 4.39. The third-order valence-electron chi connectivity index (χ3n) is 3.65. The maximum absolute atomic E-state index is 11.2. The van der Waals surface area contributed by atoms with Crippen LogP contribution in [0.5, 0.6) is 5.88 Å². The molecule has 1 saturated carbocycles. The van der Waals surface area contributed by atoms with Gasteiger partial charge in [0, 0.05) is 12.1 Å². The Labute approximate surface area is 128 Å². The minimum absolute atomic E-state index is 0.0404. The van der Waals surface area contributed by atoms with Gasteiger partial charge in [0.15, 0.2) is 5.65 Å². The predicted molar refractivity (Wildman–Crippen MR) is 80.1 cm³/mol. The molecule has 1 aliphatic carbocycles. The van der Waals surface area contributed by atoms with Crippen molar-refractivity contribution in [1.29, 1.82) is 0 Å². The fraction of sp³-hybridized carbons (Fsp3) is 0.538. The number of imidazole rings is 1. The van der Waals surface area contributed by atoms with Gasteiger partial charge in [0.1, 0.15) is 5.52 Å². The largest absolute Gasteiger partial charge is 0.362 e. The van der Waals surface area contributed by atoms with Gasteiger partial charge in [-0.1, -0.05) is 19.3 Å². The zero-order valence-corrected chi connectivity index (χ0v) is 13.2. The molecule has 0 saturated heterocycles. The molecular weight excluding hydrogens is 314 g/mol. The zero-order chi connectivity index (χ0) is 15.0. The number of hydrogen-bond acceptors (Lipinski definition) is 5. The molecule has 0 unspecified atom stereocenters. The Morgan fingerprint density at radius 1 is 1.24 bits per heavy atom. The predicted octanol–water partition coefficient (Wildman–Crippen LogP) is 2.93. The molecule has 0 N–H and O–H groups in total. The fourth-order valence-electron chi connectivity index (χ4n) is 2.79. The van der Waals surface area contributed by atoms with Crippen LogP contribution in [0.1, 0.15) is 38.1 Å². The maximum atomic E-state index is 11.2. The van der Waals surface area contributed by atoms with E-state index in [9.17, 15) is 8.42 Å². The lowest BCUT2D eigenvalue weighted by atomic mass is 9.95. The molecule has 8 heteroatoms. The SMILES string of the molecule is CS(=O)(=O)Oc1ccc2nc(Cl)n(C3CCCCC3)c2n1. The molecule has 0 amide bonds. The second-order valence-electron chi connectivity index (χ2n) is 5.32. The highest BCUT2D eigenvalue weighted by Gasteiger charge is 2.22. The minimum Gasteiger partial charge on any atom is -0.362 e. The van der Waals surface area contributed by atoms with Gasteiger partial charge in [0.05, 0.1) is 6.26 Å². The van der Waals surface area contributed by atoms with Gasteiger partial charge in [-0.25, -0.2) is 4.98 Å². The number of hydrogen-bond donors (Lipinski definition) is 0. The summed E-state index contributed by atoms with van der Waals surface area (Å²) in [5.74, 6) is 0.0404. The molecule has 0 bridgehead atoms. The molecular formula is C13H16ClN3O3S. The summed E-state index contributed by atoms with van der Waals surface area (Å²) in [6.07, 6.45) is 6.59. The van der Waals surface area contributed by atoms with Gasteiger partial charge in [0.25, 0.3) is 0 Å². The van der Waals surface area contributed by atoms with Crippen molar-refractivity contribution in [3.8, 4) is 5.88 Å². The van der Waals surface area contributed by atoms with Crippen LogP contribution in [0.4, 0.5) is 0 Å². The van der Waals surface area contributed by atoms with E-state index in [1.54, 1.807) is 6.07 Å². The van der Waals surface area contributed by atoms with Crippen LogP contribution in [-0.2, 0) is 10.1 Å². The highest BCUT2D eigenvalue weighted by Crippen LogP contribution is 2.33. The first kappa shape index (κ1) is 14.6. The van der Waals surface area contributed by atoms with Crippen molar-refractivity contribution in [1.82, 2.24) is 14.5 Å². The summed E-state index contributed by atoms with van der Waals surface area (Å²) in [5, 5.41) is 0.390. The molecule has 2 aromatic heterocycles.